The minimum Gasteiger partial charge on any atom is -0.370 e. The van der Waals surface area contributed by atoms with Crippen molar-refractivity contribution >= 4 is 35.3 Å². The molecule has 1 unspecified atom stereocenters. The molecule has 0 spiro atoms. The number of aromatic amines is 1. The van der Waals surface area contributed by atoms with Crippen molar-refractivity contribution in [3.8, 4) is 22.5 Å². The summed E-state index contributed by atoms with van der Waals surface area (Å²) in [6.45, 7) is 0. The molecule has 6 N–H and O–H groups in total. The van der Waals surface area contributed by atoms with Crippen molar-refractivity contribution in [3.05, 3.63) is 72.1 Å². The number of imidazole rings is 1. The molecule has 0 saturated carbocycles. The van der Waals surface area contributed by atoms with Gasteiger partial charge in [0, 0.05) is 11.8 Å². The van der Waals surface area contributed by atoms with Crippen molar-refractivity contribution < 1.29 is 9.59 Å². The summed E-state index contributed by atoms with van der Waals surface area (Å²) in [5, 5.41) is 2.99. The number of benzene rings is 2. The molecule has 0 aliphatic heterocycles. The van der Waals surface area contributed by atoms with Crippen LogP contribution in [0.2, 0.25) is 0 Å². The molecule has 2 aromatic carbocycles. The van der Waals surface area contributed by atoms with Crippen LogP contribution in [0, 0.1) is 0 Å². The first-order valence-electron chi connectivity index (χ1n) is 9.89. The van der Waals surface area contributed by atoms with E-state index in [0.29, 0.717) is 0 Å². The summed E-state index contributed by atoms with van der Waals surface area (Å²) < 4.78 is 0. The minimum atomic E-state index is -1.00. The van der Waals surface area contributed by atoms with E-state index < -0.39 is 17.9 Å². The number of rotatable bonds is 5. The molecule has 2 amide bonds. The lowest BCUT2D eigenvalue weighted by molar-refractivity contribution is -0.126. The van der Waals surface area contributed by atoms with Crippen LogP contribution in [0.4, 0.5) is 0 Å². The predicted octanol–water partition coefficient (Wildman–Crippen LogP) is 2.44. The summed E-state index contributed by atoms with van der Waals surface area (Å²) in [5.74, 6) is -0.310. The fourth-order valence-electron chi connectivity index (χ4n) is 4.15. The molecule has 0 radical (unpaired) electrons. The van der Waals surface area contributed by atoms with Crippen LogP contribution in [-0.4, -0.2) is 32.8 Å². The van der Waals surface area contributed by atoms with Gasteiger partial charge in [-0.05, 0) is 28.3 Å². The fourth-order valence-corrected chi connectivity index (χ4v) is 4.15. The second-order valence-electron chi connectivity index (χ2n) is 7.55. The van der Waals surface area contributed by atoms with Gasteiger partial charge in [0.1, 0.15) is 5.82 Å². The van der Waals surface area contributed by atoms with Crippen LogP contribution in [0.25, 0.3) is 33.5 Å². The summed E-state index contributed by atoms with van der Waals surface area (Å²) in [6, 6.07) is 14.3. The fraction of sp³-hybridized carbons (Fsp3) is 0.130. The van der Waals surface area contributed by atoms with E-state index in [2.05, 4.69) is 15.3 Å². The Morgan fingerprint density at radius 2 is 1.81 bits per heavy atom. The molecule has 1 aliphatic rings. The molecule has 4 aromatic rings. The molecule has 0 fully saturated rings. The molecule has 2 heterocycles. The first-order valence-corrected chi connectivity index (χ1v) is 9.89. The average molecular weight is 449 g/mol. The Labute approximate surface area is 189 Å². The summed E-state index contributed by atoms with van der Waals surface area (Å²) in [5.41, 5.74) is 17.6. The summed E-state index contributed by atoms with van der Waals surface area (Å²) in [6.07, 6.45) is 3.24. The highest BCUT2D eigenvalue weighted by molar-refractivity contribution is 5.94. The zero-order chi connectivity index (χ0) is 21.5. The molecule has 8 nitrogen and oxygen atoms in total. The van der Waals surface area contributed by atoms with Gasteiger partial charge in [-0.3, -0.25) is 14.6 Å². The van der Waals surface area contributed by atoms with Gasteiger partial charge in [-0.15, -0.1) is 12.4 Å². The lowest BCUT2D eigenvalue weighted by Gasteiger charge is -2.18. The van der Waals surface area contributed by atoms with Crippen LogP contribution >= 0.6 is 12.4 Å². The van der Waals surface area contributed by atoms with Gasteiger partial charge >= 0.3 is 0 Å². The number of carbonyl (C=O) groups is 2. The summed E-state index contributed by atoms with van der Waals surface area (Å²) >= 11 is 0. The summed E-state index contributed by atoms with van der Waals surface area (Å²) in [7, 11) is 0. The van der Waals surface area contributed by atoms with Gasteiger partial charge in [-0.2, -0.15) is 0 Å². The minimum absolute atomic E-state index is 0. The van der Waals surface area contributed by atoms with Crippen molar-refractivity contribution in [1.82, 2.24) is 20.3 Å². The van der Waals surface area contributed by atoms with Gasteiger partial charge in [0.2, 0.25) is 11.8 Å². The first kappa shape index (κ1) is 21.5. The Bertz CT molecular complexity index is 1300. The first-order chi connectivity index (χ1) is 15.0. The number of nitrogens with two attached hydrogens (primary N) is 2. The SMILES string of the molecule is Cl.NC(=O)C[C@@H](N)C(=O)NC1c2ccccc2-c2c(-c3nc4ccncc4[nH]3)cccc21. The number of H-pyrrole nitrogens is 1. The van der Waals surface area contributed by atoms with Crippen molar-refractivity contribution in [2.45, 2.75) is 18.5 Å². The Hall–Kier alpha value is -3.75. The van der Waals surface area contributed by atoms with Crippen molar-refractivity contribution in [2.24, 2.45) is 11.5 Å². The monoisotopic (exact) mass is 448 g/mol. The molecule has 5 rings (SSSR count). The number of fused-ring (bicyclic) bond motifs is 4. The molecule has 2 aromatic heterocycles. The number of halogens is 1. The topological polar surface area (TPSA) is 140 Å². The predicted molar refractivity (Wildman–Crippen MR) is 124 cm³/mol. The van der Waals surface area contributed by atoms with Crippen molar-refractivity contribution in [2.75, 3.05) is 0 Å². The average Bonchev–Trinajstić information content (AvgIpc) is 3.33. The number of aromatic nitrogens is 3. The van der Waals surface area contributed by atoms with Gasteiger partial charge in [-0.1, -0.05) is 42.5 Å². The smallest absolute Gasteiger partial charge is 0.238 e. The standard InChI is InChI=1S/C23H20N6O2.ClH/c24-16(10-19(25)30)23(31)29-21-13-5-2-1-4-12(13)20-14(21)6-3-7-15(20)22-27-17-8-9-26-11-18(17)28-22;/h1-9,11,16,21H,10,24H2,(H2,25,30)(H,27,28)(H,29,31);1H/t16-,21?;/m1./s1. The lowest BCUT2D eigenvalue weighted by atomic mass is 9.98. The Morgan fingerprint density at radius 1 is 1.06 bits per heavy atom. The molecule has 162 valence electrons. The quantitative estimate of drug-likeness (QED) is 0.371. The van der Waals surface area contributed by atoms with E-state index in [4.69, 9.17) is 16.5 Å². The maximum Gasteiger partial charge on any atom is 0.238 e. The molecule has 0 bridgehead atoms. The van der Waals surface area contributed by atoms with Crippen LogP contribution in [0.1, 0.15) is 23.6 Å². The van der Waals surface area contributed by atoms with Crippen molar-refractivity contribution in [3.63, 3.8) is 0 Å². The normalized spacial score (nSPS) is 14.8. The molecule has 32 heavy (non-hydrogen) atoms. The number of carbonyl (C=O) groups excluding carboxylic acids is 2. The third-order valence-corrected chi connectivity index (χ3v) is 5.53. The highest BCUT2D eigenvalue weighted by atomic mass is 35.5. The molecule has 9 heteroatoms. The Balaban J connectivity index is 0.00000245. The number of primary amides is 1. The largest absolute Gasteiger partial charge is 0.370 e. The van der Waals surface area contributed by atoms with Crippen LogP contribution < -0.4 is 16.8 Å². The van der Waals surface area contributed by atoms with Crippen LogP contribution in [0.5, 0.6) is 0 Å². The van der Waals surface area contributed by atoms with Crippen LogP contribution in [-0.2, 0) is 9.59 Å². The maximum absolute atomic E-state index is 12.7. The highest BCUT2D eigenvalue weighted by Gasteiger charge is 2.33. The number of nitrogens with zero attached hydrogens (tertiary/aromatic N) is 2. The highest BCUT2D eigenvalue weighted by Crippen LogP contribution is 2.47. The van der Waals surface area contributed by atoms with Crippen LogP contribution in [0.15, 0.2) is 60.9 Å². The number of pyridine rings is 1. The molecule has 1 aliphatic carbocycles. The van der Waals surface area contributed by atoms with Crippen molar-refractivity contribution in [1.29, 1.82) is 0 Å². The number of hydrogen-bond donors (Lipinski definition) is 4. The number of nitrogens with one attached hydrogen (secondary N) is 2. The lowest BCUT2D eigenvalue weighted by Crippen LogP contribution is -2.44. The third kappa shape index (κ3) is 3.59. The Kier molecular flexibility index (Phi) is 5.65. The van der Waals surface area contributed by atoms with E-state index in [1.807, 2.05) is 48.5 Å². The van der Waals surface area contributed by atoms with E-state index in [1.54, 1.807) is 12.4 Å². The van der Waals surface area contributed by atoms with E-state index in [-0.39, 0.29) is 24.9 Å². The second-order valence-corrected chi connectivity index (χ2v) is 7.55. The Morgan fingerprint density at radius 3 is 2.59 bits per heavy atom. The number of hydrogen-bond acceptors (Lipinski definition) is 5. The zero-order valence-electron chi connectivity index (χ0n) is 16.9. The van der Waals surface area contributed by atoms with E-state index in [0.717, 1.165) is 44.7 Å². The van der Waals surface area contributed by atoms with E-state index in [1.165, 1.54) is 0 Å². The molecule has 0 saturated heterocycles. The van der Waals surface area contributed by atoms with Gasteiger partial charge in [-0.25, -0.2) is 4.98 Å². The summed E-state index contributed by atoms with van der Waals surface area (Å²) in [4.78, 5) is 36.0. The van der Waals surface area contributed by atoms with Crippen LogP contribution in [0.3, 0.4) is 0 Å². The number of amides is 2. The van der Waals surface area contributed by atoms with Gasteiger partial charge in [0.05, 0.1) is 35.7 Å². The molecular weight excluding hydrogens is 428 g/mol. The van der Waals surface area contributed by atoms with Gasteiger partial charge in [0.15, 0.2) is 0 Å². The third-order valence-electron chi connectivity index (χ3n) is 5.53. The maximum atomic E-state index is 12.7. The van der Waals surface area contributed by atoms with Gasteiger partial charge in [0.25, 0.3) is 0 Å². The van der Waals surface area contributed by atoms with E-state index >= 15 is 0 Å². The molecule has 2 atom stereocenters. The molecular formula is C23H21ClN6O2. The zero-order valence-corrected chi connectivity index (χ0v) is 17.7. The van der Waals surface area contributed by atoms with Gasteiger partial charge < -0.3 is 21.8 Å². The van der Waals surface area contributed by atoms with E-state index in [9.17, 15) is 9.59 Å². The second kappa shape index (κ2) is 8.41.